The van der Waals surface area contributed by atoms with E-state index in [1.165, 1.54) is 0 Å². The summed E-state index contributed by atoms with van der Waals surface area (Å²) in [6.07, 6.45) is 1.46. The van der Waals surface area contributed by atoms with Crippen molar-refractivity contribution in [1.29, 1.82) is 0 Å². The van der Waals surface area contributed by atoms with Gasteiger partial charge >= 0.3 is 0 Å². The summed E-state index contributed by atoms with van der Waals surface area (Å²) in [6.45, 7) is 2.78. The summed E-state index contributed by atoms with van der Waals surface area (Å²) in [5, 5.41) is 12.5. The number of fused-ring (bicyclic) bond motifs is 3. The average Bonchev–Trinajstić information content (AvgIpc) is 2.95. The molecule has 3 heterocycles. The van der Waals surface area contributed by atoms with Crippen LogP contribution in [0, 0.1) is 10.1 Å². The van der Waals surface area contributed by atoms with E-state index in [0.717, 1.165) is 16.7 Å². The zero-order valence-corrected chi connectivity index (χ0v) is 21.7. The van der Waals surface area contributed by atoms with Gasteiger partial charge in [0, 0.05) is 42.3 Å². The van der Waals surface area contributed by atoms with Crippen molar-refractivity contribution < 1.29 is 19.1 Å². The summed E-state index contributed by atoms with van der Waals surface area (Å²) >= 11 is 0. The molecule has 6 rings (SSSR count). The van der Waals surface area contributed by atoms with Crippen molar-refractivity contribution in [3.05, 3.63) is 118 Å². The van der Waals surface area contributed by atoms with Gasteiger partial charge in [-0.3, -0.25) is 15.0 Å². The fourth-order valence-corrected chi connectivity index (χ4v) is 6.10. The average molecular weight is 517 g/mol. The first-order valence-corrected chi connectivity index (χ1v) is 13.4. The van der Waals surface area contributed by atoms with Crippen LogP contribution in [-0.2, 0) is 34.0 Å². The molecule has 3 atom stereocenters. The van der Waals surface area contributed by atoms with Crippen LogP contribution in [0.25, 0.3) is 0 Å². The van der Waals surface area contributed by atoms with E-state index in [9.17, 15) is 10.1 Å². The van der Waals surface area contributed by atoms with Gasteiger partial charge in [-0.25, -0.2) is 0 Å². The summed E-state index contributed by atoms with van der Waals surface area (Å²) in [5.41, 5.74) is 2.30. The van der Waals surface area contributed by atoms with Crippen molar-refractivity contribution in [2.24, 2.45) is 0 Å². The molecule has 3 aromatic rings. The minimum atomic E-state index is -0.989. The van der Waals surface area contributed by atoms with Crippen molar-refractivity contribution >= 4 is 0 Å². The molecule has 7 nitrogen and oxygen atoms in total. The van der Waals surface area contributed by atoms with Crippen molar-refractivity contribution in [3.8, 4) is 0 Å². The van der Waals surface area contributed by atoms with Crippen molar-refractivity contribution in [3.63, 3.8) is 0 Å². The number of benzene rings is 3. The molecule has 3 unspecified atom stereocenters. The Morgan fingerprint density at radius 2 is 0.947 bits per heavy atom. The largest absolute Gasteiger partial charge is 0.375 e. The van der Waals surface area contributed by atoms with Gasteiger partial charge in [0.1, 0.15) is 0 Å². The van der Waals surface area contributed by atoms with E-state index in [1.807, 2.05) is 91.0 Å². The lowest BCUT2D eigenvalue weighted by molar-refractivity contribution is -0.589. The van der Waals surface area contributed by atoms with Gasteiger partial charge in [-0.15, -0.1) is 0 Å². The molecular weight excluding hydrogens is 480 g/mol. The molecule has 3 aromatic carbocycles. The first-order chi connectivity index (χ1) is 18.6. The Hall–Kier alpha value is -3.10. The molecule has 0 aromatic heterocycles. The highest BCUT2D eigenvalue weighted by Crippen LogP contribution is 2.45. The highest BCUT2D eigenvalue weighted by molar-refractivity contribution is 5.15. The summed E-state index contributed by atoms with van der Waals surface area (Å²) in [7, 11) is 0. The van der Waals surface area contributed by atoms with Crippen molar-refractivity contribution in [2.45, 2.75) is 62.7 Å². The quantitative estimate of drug-likeness (QED) is 0.228. The predicted octanol–water partition coefficient (Wildman–Crippen LogP) is 5.26. The van der Waals surface area contributed by atoms with Gasteiger partial charge in [-0.1, -0.05) is 91.0 Å². The Morgan fingerprint density at radius 1 is 0.632 bits per heavy atom. The maximum atomic E-state index is 12.5. The minimum Gasteiger partial charge on any atom is -0.375 e. The van der Waals surface area contributed by atoms with E-state index < -0.39 is 5.54 Å². The van der Waals surface area contributed by atoms with Gasteiger partial charge < -0.3 is 14.2 Å². The first-order valence-electron chi connectivity index (χ1n) is 13.4. The normalized spacial score (nSPS) is 26.3. The third-order valence-electron chi connectivity index (χ3n) is 7.76. The van der Waals surface area contributed by atoms with Crippen LogP contribution in [0.2, 0.25) is 0 Å². The molecule has 0 amide bonds. The van der Waals surface area contributed by atoms with Crippen LogP contribution in [0.4, 0.5) is 0 Å². The van der Waals surface area contributed by atoms with E-state index in [1.54, 1.807) is 0 Å². The summed E-state index contributed by atoms with van der Waals surface area (Å²) < 4.78 is 18.4. The molecular formula is C31H36N2O5. The van der Waals surface area contributed by atoms with Gasteiger partial charge in [0.15, 0.2) is 0 Å². The molecule has 0 N–H and O–H groups in total. The number of nitro groups is 1. The third-order valence-corrected chi connectivity index (χ3v) is 7.76. The second-order valence-corrected chi connectivity index (χ2v) is 10.5. The number of rotatable bonds is 13. The topological polar surface area (TPSA) is 74.1 Å². The maximum Gasteiger partial charge on any atom is 0.227 e. The van der Waals surface area contributed by atoms with Crippen LogP contribution < -0.4 is 0 Å². The number of piperidine rings is 3. The van der Waals surface area contributed by atoms with E-state index in [-0.39, 0.29) is 23.0 Å². The van der Waals surface area contributed by atoms with Crippen LogP contribution >= 0.6 is 0 Å². The molecule has 3 fully saturated rings. The van der Waals surface area contributed by atoms with Gasteiger partial charge in [-0.2, -0.15) is 0 Å². The van der Waals surface area contributed by atoms with Crippen LogP contribution in [-0.4, -0.2) is 53.3 Å². The van der Waals surface area contributed by atoms with Gasteiger partial charge in [-0.05, 0) is 16.7 Å². The van der Waals surface area contributed by atoms with E-state index in [4.69, 9.17) is 14.2 Å². The minimum absolute atomic E-state index is 0.0396. The van der Waals surface area contributed by atoms with Crippen LogP contribution in [0.5, 0.6) is 0 Å². The standard InChI is InChI=1S/C31H36N2O5/c34-33(35)31-16-28(22-36-19-25-10-4-1-5-11-25)32(29(17-31)23-37-20-26-12-6-2-7-13-26)30(18-31)24-38-21-27-14-8-3-9-15-27/h1-15,28-30H,16-24H2. The molecule has 200 valence electrons. The van der Waals surface area contributed by atoms with E-state index in [0.29, 0.717) is 58.9 Å². The summed E-state index contributed by atoms with van der Waals surface area (Å²) in [4.78, 5) is 14.9. The third kappa shape index (κ3) is 6.48. The van der Waals surface area contributed by atoms with Crippen molar-refractivity contribution in [1.82, 2.24) is 4.90 Å². The SMILES string of the molecule is O=[N+]([O-])C12CC(COCc3ccccc3)N(C(COCc3ccccc3)C1)C(COCc1ccccc1)C2. The van der Waals surface area contributed by atoms with Crippen LogP contribution in [0.3, 0.4) is 0 Å². The molecule has 3 saturated heterocycles. The molecule has 38 heavy (non-hydrogen) atoms. The summed E-state index contributed by atoms with van der Waals surface area (Å²) in [6, 6.07) is 29.9. The predicted molar refractivity (Wildman–Crippen MR) is 145 cm³/mol. The number of ether oxygens (including phenoxy) is 3. The molecule has 3 aliphatic rings. The highest BCUT2D eigenvalue weighted by atomic mass is 16.6. The second-order valence-electron chi connectivity index (χ2n) is 10.5. The maximum absolute atomic E-state index is 12.5. The van der Waals surface area contributed by atoms with E-state index in [2.05, 4.69) is 4.90 Å². The fraction of sp³-hybridized carbons (Fsp3) is 0.419. The lowest BCUT2D eigenvalue weighted by Gasteiger charge is -2.56. The Kier molecular flexibility index (Phi) is 8.81. The molecule has 0 radical (unpaired) electrons. The Morgan fingerprint density at radius 3 is 1.24 bits per heavy atom. The molecule has 3 aliphatic heterocycles. The lowest BCUT2D eigenvalue weighted by Crippen LogP contribution is -2.71. The monoisotopic (exact) mass is 516 g/mol. The van der Waals surface area contributed by atoms with Gasteiger partial charge in [0.05, 0.1) is 39.6 Å². The fourth-order valence-electron chi connectivity index (χ4n) is 6.10. The molecule has 0 aliphatic carbocycles. The highest BCUT2D eigenvalue weighted by Gasteiger charge is 2.60. The van der Waals surface area contributed by atoms with Crippen LogP contribution in [0.15, 0.2) is 91.0 Å². The van der Waals surface area contributed by atoms with Crippen LogP contribution in [0.1, 0.15) is 36.0 Å². The number of nitrogens with zero attached hydrogens (tertiary/aromatic N) is 2. The zero-order chi connectivity index (χ0) is 26.2. The Labute approximate surface area is 224 Å². The van der Waals surface area contributed by atoms with Gasteiger partial charge in [0.2, 0.25) is 5.54 Å². The number of hydrogen-bond donors (Lipinski definition) is 0. The lowest BCUT2D eigenvalue weighted by atomic mass is 9.70. The Balaban J connectivity index is 1.29. The number of hydrogen-bond acceptors (Lipinski definition) is 6. The molecule has 2 bridgehead atoms. The molecule has 7 heteroatoms. The molecule has 0 saturated carbocycles. The van der Waals surface area contributed by atoms with E-state index >= 15 is 0 Å². The summed E-state index contributed by atoms with van der Waals surface area (Å²) in [5.74, 6) is 0. The zero-order valence-electron chi connectivity index (χ0n) is 21.7. The Bertz CT molecular complexity index is 1010. The van der Waals surface area contributed by atoms with Crippen molar-refractivity contribution in [2.75, 3.05) is 19.8 Å². The smallest absolute Gasteiger partial charge is 0.227 e. The molecule has 0 spiro atoms. The van der Waals surface area contributed by atoms with Gasteiger partial charge in [0.25, 0.3) is 0 Å². The second kappa shape index (κ2) is 12.6. The first kappa shape index (κ1) is 26.5.